The molecule has 1 aromatic carbocycles. The summed E-state index contributed by atoms with van der Waals surface area (Å²) < 4.78 is 4.62. The van der Waals surface area contributed by atoms with Crippen LogP contribution in [0.4, 0.5) is 5.69 Å². The van der Waals surface area contributed by atoms with Crippen LogP contribution in [0.15, 0.2) is 24.3 Å². The number of rotatable bonds is 7. The van der Waals surface area contributed by atoms with Crippen molar-refractivity contribution in [2.45, 2.75) is 32.2 Å². The van der Waals surface area contributed by atoms with Gasteiger partial charge in [0.15, 0.2) is 5.78 Å². The van der Waals surface area contributed by atoms with Gasteiger partial charge in [-0.05, 0) is 18.6 Å². The molecular weight excluding hydrogens is 272 g/mol. The van der Waals surface area contributed by atoms with E-state index in [-0.39, 0.29) is 24.5 Å². The van der Waals surface area contributed by atoms with Crippen molar-refractivity contribution in [1.29, 1.82) is 0 Å². The molecular formula is C15H20N2O4. The van der Waals surface area contributed by atoms with E-state index in [4.69, 9.17) is 5.73 Å². The smallest absolute Gasteiger partial charge is 0.328 e. The zero-order valence-corrected chi connectivity index (χ0v) is 12.2. The normalized spacial score (nSPS) is 11.5. The monoisotopic (exact) mass is 292 g/mol. The van der Waals surface area contributed by atoms with E-state index in [2.05, 4.69) is 10.1 Å². The molecule has 0 bridgehead atoms. The van der Waals surface area contributed by atoms with Crippen molar-refractivity contribution in [1.82, 2.24) is 5.32 Å². The molecule has 0 saturated heterocycles. The zero-order valence-electron chi connectivity index (χ0n) is 12.2. The van der Waals surface area contributed by atoms with Crippen LogP contribution in [0.1, 0.15) is 36.5 Å². The molecule has 114 valence electrons. The molecule has 0 radical (unpaired) electrons. The number of methoxy groups -OCH3 is 1. The van der Waals surface area contributed by atoms with Crippen LogP contribution >= 0.6 is 0 Å². The van der Waals surface area contributed by atoms with Crippen LogP contribution < -0.4 is 11.1 Å². The second-order valence-electron chi connectivity index (χ2n) is 4.61. The summed E-state index contributed by atoms with van der Waals surface area (Å²) in [5, 5.41) is 2.51. The van der Waals surface area contributed by atoms with Crippen molar-refractivity contribution in [3.05, 3.63) is 29.8 Å². The number of ketones is 1. The van der Waals surface area contributed by atoms with Crippen molar-refractivity contribution < 1.29 is 19.1 Å². The number of hydrogen-bond donors (Lipinski definition) is 2. The highest BCUT2D eigenvalue weighted by Gasteiger charge is 2.25. The Morgan fingerprint density at radius 1 is 1.29 bits per heavy atom. The number of nitrogen functional groups attached to an aromatic ring is 1. The lowest BCUT2D eigenvalue weighted by Crippen LogP contribution is -2.42. The first-order chi connectivity index (χ1) is 9.99. The Bertz CT molecular complexity index is 528. The van der Waals surface area contributed by atoms with Crippen molar-refractivity contribution in [2.24, 2.45) is 0 Å². The molecule has 6 nitrogen and oxygen atoms in total. The van der Waals surface area contributed by atoms with Gasteiger partial charge < -0.3 is 15.8 Å². The third-order valence-corrected chi connectivity index (χ3v) is 2.95. The summed E-state index contributed by atoms with van der Waals surface area (Å²) in [5.41, 5.74) is 6.40. The number of carbonyl (C=O) groups excluding carboxylic acids is 3. The van der Waals surface area contributed by atoms with E-state index in [1.54, 1.807) is 24.3 Å². The van der Waals surface area contributed by atoms with E-state index in [1.807, 2.05) is 6.92 Å². The molecule has 1 unspecified atom stereocenters. The van der Waals surface area contributed by atoms with Gasteiger partial charge >= 0.3 is 5.97 Å². The minimum Gasteiger partial charge on any atom is -0.467 e. The van der Waals surface area contributed by atoms with Gasteiger partial charge in [0.1, 0.15) is 6.04 Å². The summed E-state index contributed by atoms with van der Waals surface area (Å²) in [6.07, 6.45) is 0.755. The van der Waals surface area contributed by atoms with Gasteiger partial charge in [0.05, 0.1) is 7.11 Å². The standard InChI is InChI=1S/C15H20N2O4/c1-3-6-14(19)17-12(15(20)21-2)9-13(18)10-7-4-5-8-11(10)16/h4-5,7-8,12H,3,6,9,16H2,1-2H3,(H,17,19). The third kappa shape index (κ3) is 4.91. The van der Waals surface area contributed by atoms with Crippen LogP contribution in [0.5, 0.6) is 0 Å². The van der Waals surface area contributed by atoms with Gasteiger partial charge in [-0.1, -0.05) is 19.1 Å². The molecule has 21 heavy (non-hydrogen) atoms. The maximum absolute atomic E-state index is 12.2. The molecule has 1 aromatic rings. The summed E-state index contributed by atoms with van der Waals surface area (Å²) in [4.78, 5) is 35.5. The van der Waals surface area contributed by atoms with E-state index >= 15 is 0 Å². The Morgan fingerprint density at radius 3 is 2.52 bits per heavy atom. The fourth-order valence-corrected chi connectivity index (χ4v) is 1.88. The lowest BCUT2D eigenvalue weighted by Gasteiger charge is -2.16. The van der Waals surface area contributed by atoms with Crippen LogP contribution in [0.3, 0.4) is 0 Å². The predicted molar refractivity (Wildman–Crippen MR) is 78.7 cm³/mol. The fourth-order valence-electron chi connectivity index (χ4n) is 1.88. The molecule has 0 saturated carbocycles. The van der Waals surface area contributed by atoms with Crippen molar-refractivity contribution in [3.8, 4) is 0 Å². The second-order valence-corrected chi connectivity index (χ2v) is 4.61. The molecule has 0 heterocycles. The fraction of sp³-hybridized carbons (Fsp3) is 0.400. The van der Waals surface area contributed by atoms with Crippen LogP contribution in [0.2, 0.25) is 0 Å². The summed E-state index contributed by atoms with van der Waals surface area (Å²) in [7, 11) is 1.21. The molecule has 6 heteroatoms. The summed E-state index contributed by atoms with van der Waals surface area (Å²) in [6, 6.07) is 5.59. The van der Waals surface area contributed by atoms with E-state index in [0.29, 0.717) is 17.7 Å². The highest BCUT2D eigenvalue weighted by molar-refractivity contribution is 6.03. The molecule has 0 fully saturated rings. The Morgan fingerprint density at radius 2 is 1.95 bits per heavy atom. The summed E-state index contributed by atoms with van der Waals surface area (Å²) in [5.74, 6) is -1.26. The lowest BCUT2D eigenvalue weighted by molar-refractivity contribution is -0.145. The van der Waals surface area contributed by atoms with E-state index < -0.39 is 12.0 Å². The quantitative estimate of drug-likeness (QED) is 0.448. The SMILES string of the molecule is CCCC(=O)NC(CC(=O)c1ccccc1N)C(=O)OC. The van der Waals surface area contributed by atoms with Gasteiger partial charge in [0.25, 0.3) is 0 Å². The van der Waals surface area contributed by atoms with Crippen molar-refractivity contribution in [2.75, 3.05) is 12.8 Å². The number of carbonyl (C=O) groups is 3. The Kier molecular flexibility index (Phi) is 6.39. The number of esters is 1. The van der Waals surface area contributed by atoms with Gasteiger partial charge in [-0.2, -0.15) is 0 Å². The highest BCUT2D eigenvalue weighted by Crippen LogP contribution is 2.14. The summed E-state index contributed by atoms with van der Waals surface area (Å²) >= 11 is 0. The Hall–Kier alpha value is -2.37. The average molecular weight is 292 g/mol. The number of benzene rings is 1. The van der Waals surface area contributed by atoms with Gasteiger partial charge in [-0.25, -0.2) is 4.79 Å². The molecule has 0 aliphatic rings. The number of nitrogens with one attached hydrogen (secondary N) is 1. The van der Waals surface area contributed by atoms with Gasteiger partial charge in [-0.15, -0.1) is 0 Å². The van der Waals surface area contributed by atoms with E-state index in [9.17, 15) is 14.4 Å². The molecule has 0 spiro atoms. The largest absolute Gasteiger partial charge is 0.467 e. The van der Waals surface area contributed by atoms with Crippen LogP contribution in [-0.4, -0.2) is 30.8 Å². The lowest BCUT2D eigenvalue weighted by atomic mass is 10.0. The third-order valence-electron chi connectivity index (χ3n) is 2.95. The molecule has 1 atom stereocenters. The Labute approximate surface area is 123 Å². The number of anilines is 1. The maximum Gasteiger partial charge on any atom is 0.328 e. The topological polar surface area (TPSA) is 98.5 Å². The predicted octanol–water partition coefficient (Wildman–Crippen LogP) is 1.30. The molecule has 0 aliphatic carbocycles. The van der Waals surface area contributed by atoms with E-state index in [1.165, 1.54) is 7.11 Å². The van der Waals surface area contributed by atoms with Gasteiger partial charge in [-0.3, -0.25) is 9.59 Å². The Balaban J connectivity index is 2.81. The maximum atomic E-state index is 12.2. The van der Waals surface area contributed by atoms with Crippen LogP contribution in [0, 0.1) is 0 Å². The van der Waals surface area contributed by atoms with Gasteiger partial charge in [0, 0.05) is 24.1 Å². The van der Waals surface area contributed by atoms with Crippen LogP contribution in [0.25, 0.3) is 0 Å². The van der Waals surface area contributed by atoms with Crippen molar-refractivity contribution >= 4 is 23.3 Å². The first kappa shape index (κ1) is 16.7. The number of nitrogens with two attached hydrogens (primary N) is 1. The molecule has 3 N–H and O–H groups in total. The molecule has 1 rings (SSSR count). The van der Waals surface area contributed by atoms with Crippen molar-refractivity contribution in [3.63, 3.8) is 0 Å². The number of hydrogen-bond acceptors (Lipinski definition) is 5. The van der Waals surface area contributed by atoms with Gasteiger partial charge in [0.2, 0.25) is 5.91 Å². The number of para-hydroxylation sites is 1. The molecule has 1 amide bonds. The minimum absolute atomic E-state index is 0.184. The van der Waals surface area contributed by atoms with Crippen LogP contribution in [-0.2, 0) is 14.3 Å². The molecule has 0 aliphatic heterocycles. The number of ether oxygens (including phenoxy) is 1. The first-order valence-electron chi connectivity index (χ1n) is 6.74. The zero-order chi connectivity index (χ0) is 15.8. The van der Waals surface area contributed by atoms with E-state index in [0.717, 1.165) is 0 Å². The highest BCUT2D eigenvalue weighted by atomic mass is 16.5. The number of Topliss-reactive ketones (excluding diaryl/α,β-unsaturated/α-hetero) is 1. The average Bonchev–Trinajstić information content (AvgIpc) is 2.46. The molecule has 0 aromatic heterocycles. The number of amides is 1. The minimum atomic E-state index is -0.999. The summed E-state index contributed by atoms with van der Waals surface area (Å²) in [6.45, 7) is 1.85. The first-order valence-corrected chi connectivity index (χ1v) is 6.74. The second kappa shape index (κ2) is 8.04.